The number of halogens is 2. The average Bonchev–Trinajstić information content (AvgIpc) is 2.73. The number of nitrogens with zero attached hydrogens (tertiary/aromatic N) is 4. The van der Waals surface area contributed by atoms with Gasteiger partial charge in [0, 0.05) is 24.5 Å². The van der Waals surface area contributed by atoms with Crippen molar-refractivity contribution in [3.05, 3.63) is 59.4 Å². The normalized spacial score (nSPS) is 13.5. The van der Waals surface area contributed by atoms with Gasteiger partial charge in [0.05, 0.1) is 13.2 Å². The lowest BCUT2D eigenvalue weighted by Crippen LogP contribution is -2.37. The third-order valence-corrected chi connectivity index (χ3v) is 4.78. The number of ether oxygens (including phenoxy) is 1. The summed E-state index contributed by atoms with van der Waals surface area (Å²) < 4.78 is 18.6. The van der Waals surface area contributed by atoms with E-state index in [0.29, 0.717) is 49.8 Å². The molecule has 7 nitrogen and oxygen atoms in total. The van der Waals surface area contributed by atoms with Crippen LogP contribution in [-0.4, -0.2) is 41.3 Å². The van der Waals surface area contributed by atoms with Gasteiger partial charge in [-0.25, -0.2) is 4.39 Å². The number of aromatic nitrogens is 3. The Labute approximate surface area is 181 Å². The van der Waals surface area contributed by atoms with Crippen molar-refractivity contribution in [3.8, 4) is 0 Å². The lowest BCUT2D eigenvalue weighted by Gasteiger charge is -2.27. The van der Waals surface area contributed by atoms with Gasteiger partial charge in [-0.1, -0.05) is 6.07 Å². The van der Waals surface area contributed by atoms with Crippen LogP contribution < -0.4 is 15.5 Å². The first-order chi connectivity index (χ1) is 14.1. The van der Waals surface area contributed by atoms with Crippen LogP contribution in [0.4, 0.5) is 33.6 Å². The minimum Gasteiger partial charge on any atom is -0.378 e. The van der Waals surface area contributed by atoms with Crippen molar-refractivity contribution in [3.63, 3.8) is 0 Å². The SMILES string of the molecule is Cc1ccc(Nc2nc(Nc3ccc(F)cc3)nc(N3CCOCC3)n2)cc1C.Cl. The monoisotopic (exact) mass is 430 g/mol. The summed E-state index contributed by atoms with van der Waals surface area (Å²) in [7, 11) is 0. The van der Waals surface area contributed by atoms with Gasteiger partial charge in [0.25, 0.3) is 0 Å². The van der Waals surface area contributed by atoms with Crippen molar-refractivity contribution in [1.82, 2.24) is 15.0 Å². The zero-order valence-electron chi connectivity index (χ0n) is 16.9. The van der Waals surface area contributed by atoms with Gasteiger partial charge in [0.2, 0.25) is 17.8 Å². The van der Waals surface area contributed by atoms with E-state index in [1.54, 1.807) is 12.1 Å². The van der Waals surface area contributed by atoms with Crippen LogP contribution in [0.3, 0.4) is 0 Å². The first-order valence-electron chi connectivity index (χ1n) is 9.52. The zero-order chi connectivity index (χ0) is 20.2. The molecule has 1 aromatic heterocycles. The molecule has 0 saturated carbocycles. The molecule has 30 heavy (non-hydrogen) atoms. The van der Waals surface area contributed by atoms with Crippen LogP contribution in [0.25, 0.3) is 0 Å². The average molecular weight is 431 g/mol. The molecule has 1 aliphatic heterocycles. The number of nitrogens with one attached hydrogen (secondary N) is 2. The number of hydrogen-bond acceptors (Lipinski definition) is 7. The molecule has 0 radical (unpaired) electrons. The summed E-state index contributed by atoms with van der Waals surface area (Å²) in [6.45, 7) is 6.82. The molecular weight excluding hydrogens is 407 g/mol. The number of anilines is 5. The fourth-order valence-corrected chi connectivity index (χ4v) is 2.99. The lowest BCUT2D eigenvalue weighted by molar-refractivity contribution is 0.122. The fourth-order valence-electron chi connectivity index (χ4n) is 2.99. The molecule has 0 amide bonds. The number of aryl methyl sites for hydroxylation is 2. The third-order valence-electron chi connectivity index (χ3n) is 4.78. The maximum Gasteiger partial charge on any atom is 0.233 e. The number of morpholine rings is 1. The van der Waals surface area contributed by atoms with E-state index in [2.05, 4.69) is 56.5 Å². The second-order valence-electron chi connectivity index (χ2n) is 6.94. The first kappa shape index (κ1) is 21.7. The summed E-state index contributed by atoms with van der Waals surface area (Å²) in [6, 6.07) is 12.2. The summed E-state index contributed by atoms with van der Waals surface area (Å²) in [5.41, 5.74) is 4.00. The van der Waals surface area contributed by atoms with Crippen molar-refractivity contribution in [2.24, 2.45) is 0 Å². The van der Waals surface area contributed by atoms with E-state index in [-0.39, 0.29) is 18.2 Å². The smallest absolute Gasteiger partial charge is 0.233 e. The van der Waals surface area contributed by atoms with E-state index < -0.39 is 0 Å². The second-order valence-corrected chi connectivity index (χ2v) is 6.94. The Morgan fingerprint density at radius 1 is 0.833 bits per heavy atom. The Hall–Kier alpha value is -2.97. The maximum absolute atomic E-state index is 13.2. The van der Waals surface area contributed by atoms with Crippen LogP contribution >= 0.6 is 12.4 Å². The van der Waals surface area contributed by atoms with Crippen molar-refractivity contribution < 1.29 is 9.13 Å². The second kappa shape index (κ2) is 9.69. The topological polar surface area (TPSA) is 75.2 Å². The van der Waals surface area contributed by atoms with Crippen LogP contribution in [-0.2, 0) is 4.74 Å². The van der Waals surface area contributed by atoms with Crippen LogP contribution in [0.15, 0.2) is 42.5 Å². The highest BCUT2D eigenvalue weighted by atomic mass is 35.5. The van der Waals surface area contributed by atoms with Gasteiger partial charge < -0.3 is 20.3 Å². The molecule has 158 valence electrons. The summed E-state index contributed by atoms with van der Waals surface area (Å²) >= 11 is 0. The Morgan fingerprint density at radius 3 is 2.07 bits per heavy atom. The standard InChI is InChI=1S/C21H23FN6O.ClH/c1-14-3-6-18(13-15(14)2)24-20-25-19(23-17-7-4-16(22)5-8-17)26-21(27-20)28-9-11-29-12-10-28;/h3-8,13H,9-12H2,1-2H3,(H2,23,24,25,26,27);1H. The largest absolute Gasteiger partial charge is 0.378 e. The van der Waals surface area contributed by atoms with Gasteiger partial charge in [-0.2, -0.15) is 15.0 Å². The van der Waals surface area contributed by atoms with Crippen molar-refractivity contribution >= 4 is 41.6 Å². The molecule has 2 aromatic carbocycles. The molecule has 2 N–H and O–H groups in total. The molecule has 4 rings (SSSR count). The summed E-state index contributed by atoms with van der Waals surface area (Å²) in [5, 5.41) is 6.40. The Bertz CT molecular complexity index is 995. The van der Waals surface area contributed by atoms with Crippen LogP contribution in [0.1, 0.15) is 11.1 Å². The van der Waals surface area contributed by atoms with E-state index >= 15 is 0 Å². The molecule has 2 heterocycles. The van der Waals surface area contributed by atoms with Crippen LogP contribution in [0.5, 0.6) is 0 Å². The molecule has 1 aliphatic rings. The lowest BCUT2D eigenvalue weighted by atomic mass is 10.1. The molecule has 0 unspecified atom stereocenters. The minimum absolute atomic E-state index is 0. The fraction of sp³-hybridized carbons (Fsp3) is 0.286. The Balaban J connectivity index is 0.00000256. The molecule has 0 aliphatic carbocycles. The van der Waals surface area contributed by atoms with Crippen molar-refractivity contribution in [2.45, 2.75) is 13.8 Å². The summed E-state index contributed by atoms with van der Waals surface area (Å²) in [4.78, 5) is 15.7. The quantitative estimate of drug-likeness (QED) is 0.622. The van der Waals surface area contributed by atoms with E-state index in [4.69, 9.17) is 4.74 Å². The molecular formula is C21H24ClFN6O. The van der Waals surface area contributed by atoms with Gasteiger partial charge in [0.1, 0.15) is 5.82 Å². The van der Waals surface area contributed by atoms with Crippen molar-refractivity contribution in [1.29, 1.82) is 0 Å². The zero-order valence-corrected chi connectivity index (χ0v) is 17.7. The molecule has 9 heteroatoms. The van der Waals surface area contributed by atoms with Gasteiger partial charge >= 0.3 is 0 Å². The molecule has 0 bridgehead atoms. The highest BCUT2D eigenvalue weighted by molar-refractivity contribution is 5.85. The van der Waals surface area contributed by atoms with Crippen molar-refractivity contribution in [2.75, 3.05) is 41.8 Å². The minimum atomic E-state index is -0.294. The van der Waals surface area contributed by atoms with E-state index in [0.717, 1.165) is 5.69 Å². The molecule has 1 fully saturated rings. The molecule has 1 saturated heterocycles. The molecule has 0 spiro atoms. The Kier molecular flexibility index (Phi) is 7.02. The van der Waals surface area contributed by atoms with Gasteiger partial charge in [-0.05, 0) is 61.4 Å². The first-order valence-corrected chi connectivity index (χ1v) is 9.52. The summed E-state index contributed by atoms with van der Waals surface area (Å²) in [6.07, 6.45) is 0. The predicted molar refractivity (Wildman–Crippen MR) is 119 cm³/mol. The van der Waals surface area contributed by atoms with E-state index in [1.807, 2.05) is 6.07 Å². The van der Waals surface area contributed by atoms with Crippen LogP contribution in [0.2, 0.25) is 0 Å². The summed E-state index contributed by atoms with van der Waals surface area (Å²) in [5.74, 6) is 1.10. The van der Waals surface area contributed by atoms with Gasteiger partial charge in [0.15, 0.2) is 0 Å². The number of benzene rings is 2. The van der Waals surface area contributed by atoms with E-state index in [1.165, 1.54) is 23.3 Å². The predicted octanol–water partition coefficient (Wildman–Crippen LogP) is 4.37. The van der Waals surface area contributed by atoms with Crippen LogP contribution in [0, 0.1) is 19.7 Å². The molecule has 0 atom stereocenters. The van der Waals surface area contributed by atoms with E-state index in [9.17, 15) is 4.39 Å². The maximum atomic E-state index is 13.2. The Morgan fingerprint density at radius 2 is 1.43 bits per heavy atom. The number of rotatable bonds is 5. The molecule has 3 aromatic rings. The highest BCUT2D eigenvalue weighted by Gasteiger charge is 2.17. The number of hydrogen-bond donors (Lipinski definition) is 2. The highest BCUT2D eigenvalue weighted by Crippen LogP contribution is 2.22. The van der Waals surface area contributed by atoms with Gasteiger partial charge in [-0.15, -0.1) is 12.4 Å². The van der Waals surface area contributed by atoms with Gasteiger partial charge in [-0.3, -0.25) is 0 Å². The third kappa shape index (κ3) is 5.34.